The van der Waals surface area contributed by atoms with E-state index in [9.17, 15) is 4.79 Å². The van der Waals surface area contributed by atoms with E-state index in [1.807, 2.05) is 6.07 Å². The first-order valence-corrected chi connectivity index (χ1v) is 6.79. The second-order valence-electron chi connectivity index (χ2n) is 5.05. The van der Waals surface area contributed by atoms with Crippen molar-refractivity contribution in [2.24, 2.45) is 5.73 Å². The number of ketones is 1. The largest absolute Gasteiger partial charge is 0.324 e. The molecule has 0 aromatic heterocycles. The second kappa shape index (κ2) is 6.66. The molecule has 3 heteroatoms. The molecular weight excluding hydrogens is 224 g/mol. The van der Waals surface area contributed by atoms with Gasteiger partial charge in [-0.25, -0.2) is 0 Å². The molecule has 3 nitrogen and oxygen atoms in total. The van der Waals surface area contributed by atoms with Crippen molar-refractivity contribution in [1.29, 1.82) is 0 Å². The molecule has 0 aliphatic carbocycles. The fraction of sp³-hybridized carbons (Fsp3) is 0.533. The Labute approximate surface area is 109 Å². The van der Waals surface area contributed by atoms with Crippen LogP contribution in [0.3, 0.4) is 0 Å². The average Bonchev–Trinajstić information content (AvgIpc) is 2.42. The van der Waals surface area contributed by atoms with Crippen molar-refractivity contribution in [3.63, 3.8) is 0 Å². The lowest BCUT2D eigenvalue weighted by Crippen LogP contribution is -2.41. The third-order valence-electron chi connectivity index (χ3n) is 3.67. The van der Waals surface area contributed by atoms with E-state index < -0.39 is 0 Å². The van der Waals surface area contributed by atoms with Gasteiger partial charge in [0.25, 0.3) is 0 Å². The number of likely N-dealkylation sites (tertiary alicyclic amines) is 1. The Bertz CT molecular complexity index is 377. The number of hydrogen-bond donors (Lipinski definition) is 1. The van der Waals surface area contributed by atoms with Gasteiger partial charge < -0.3 is 5.73 Å². The first-order chi connectivity index (χ1) is 8.79. The van der Waals surface area contributed by atoms with Gasteiger partial charge in [0.05, 0.1) is 6.54 Å². The van der Waals surface area contributed by atoms with E-state index in [-0.39, 0.29) is 12.3 Å². The van der Waals surface area contributed by atoms with E-state index >= 15 is 0 Å². The van der Waals surface area contributed by atoms with Crippen LogP contribution >= 0.6 is 0 Å². The van der Waals surface area contributed by atoms with Crippen molar-refractivity contribution in [3.05, 3.63) is 35.9 Å². The molecule has 1 aromatic carbocycles. The van der Waals surface area contributed by atoms with Crippen molar-refractivity contribution in [2.75, 3.05) is 13.1 Å². The molecule has 98 valence electrons. The summed E-state index contributed by atoms with van der Waals surface area (Å²) in [6, 6.07) is 10.9. The van der Waals surface area contributed by atoms with Crippen LogP contribution in [0, 0.1) is 0 Å². The number of nitrogens with zero attached hydrogens (tertiary/aromatic N) is 1. The molecule has 1 aliphatic rings. The van der Waals surface area contributed by atoms with Crippen molar-refractivity contribution in [2.45, 2.75) is 38.3 Å². The summed E-state index contributed by atoms with van der Waals surface area (Å²) in [7, 11) is 0. The summed E-state index contributed by atoms with van der Waals surface area (Å²) < 4.78 is 0. The molecule has 2 N–H and O–H groups in total. The molecule has 1 aliphatic heterocycles. The van der Waals surface area contributed by atoms with E-state index in [2.05, 4.69) is 29.2 Å². The molecule has 1 saturated heterocycles. The summed E-state index contributed by atoms with van der Waals surface area (Å²) in [4.78, 5) is 14.0. The molecule has 1 unspecified atom stereocenters. The van der Waals surface area contributed by atoms with Crippen LogP contribution in [-0.4, -0.2) is 29.8 Å². The predicted octanol–water partition coefficient (Wildman–Crippen LogP) is 1.96. The summed E-state index contributed by atoms with van der Waals surface area (Å²) in [6.45, 7) is 2.22. The summed E-state index contributed by atoms with van der Waals surface area (Å²) in [5, 5.41) is 0. The summed E-state index contributed by atoms with van der Waals surface area (Å²) >= 11 is 0. The summed E-state index contributed by atoms with van der Waals surface area (Å²) in [5.41, 5.74) is 6.74. The van der Waals surface area contributed by atoms with E-state index in [4.69, 9.17) is 5.73 Å². The minimum atomic E-state index is 0.176. The SMILES string of the molecule is NCC(=O)CC1CCCCN1Cc1ccccc1. The van der Waals surface area contributed by atoms with Gasteiger partial charge in [-0.15, -0.1) is 0 Å². The van der Waals surface area contributed by atoms with Gasteiger partial charge >= 0.3 is 0 Å². The third kappa shape index (κ3) is 3.65. The van der Waals surface area contributed by atoms with Crippen LogP contribution in [0.2, 0.25) is 0 Å². The van der Waals surface area contributed by atoms with Gasteiger partial charge in [-0.3, -0.25) is 9.69 Å². The minimum absolute atomic E-state index is 0.176. The van der Waals surface area contributed by atoms with Crippen LogP contribution in [0.25, 0.3) is 0 Å². The smallest absolute Gasteiger partial charge is 0.147 e. The van der Waals surface area contributed by atoms with E-state index in [0.717, 1.165) is 19.5 Å². The number of benzene rings is 1. The Hall–Kier alpha value is -1.19. The highest BCUT2D eigenvalue weighted by atomic mass is 16.1. The zero-order valence-corrected chi connectivity index (χ0v) is 10.8. The van der Waals surface area contributed by atoms with Gasteiger partial charge in [-0.2, -0.15) is 0 Å². The lowest BCUT2D eigenvalue weighted by atomic mass is 9.96. The number of Topliss-reactive ketones (excluding diaryl/α,β-unsaturated/α-hetero) is 1. The van der Waals surface area contributed by atoms with Gasteiger partial charge in [0.15, 0.2) is 0 Å². The maximum absolute atomic E-state index is 11.5. The van der Waals surface area contributed by atoms with Crippen LogP contribution in [0.4, 0.5) is 0 Å². The van der Waals surface area contributed by atoms with Crippen molar-refractivity contribution in [3.8, 4) is 0 Å². The topological polar surface area (TPSA) is 46.3 Å². The first-order valence-electron chi connectivity index (χ1n) is 6.79. The average molecular weight is 246 g/mol. The van der Waals surface area contributed by atoms with Gasteiger partial charge in [-0.1, -0.05) is 36.8 Å². The highest BCUT2D eigenvalue weighted by Crippen LogP contribution is 2.22. The summed E-state index contributed by atoms with van der Waals surface area (Å²) in [6.07, 6.45) is 4.20. The Kier molecular flexibility index (Phi) is 4.90. The lowest BCUT2D eigenvalue weighted by Gasteiger charge is -2.35. The Balaban J connectivity index is 1.97. The van der Waals surface area contributed by atoms with E-state index in [1.165, 1.54) is 18.4 Å². The normalized spacial score (nSPS) is 20.8. The standard InChI is InChI=1S/C15H22N2O/c16-11-15(18)10-14-8-4-5-9-17(14)12-13-6-2-1-3-7-13/h1-3,6-7,14H,4-5,8-12,16H2. The van der Waals surface area contributed by atoms with Gasteiger partial charge in [0.1, 0.15) is 5.78 Å². The number of carbonyl (C=O) groups excluding carboxylic acids is 1. The molecule has 0 radical (unpaired) electrons. The fourth-order valence-corrected chi connectivity index (χ4v) is 2.66. The van der Waals surface area contributed by atoms with Gasteiger partial charge in [0, 0.05) is 19.0 Å². The fourth-order valence-electron chi connectivity index (χ4n) is 2.66. The number of carbonyl (C=O) groups is 1. The number of piperidine rings is 1. The zero-order valence-electron chi connectivity index (χ0n) is 10.8. The van der Waals surface area contributed by atoms with Crippen LogP contribution in [0.1, 0.15) is 31.2 Å². The predicted molar refractivity (Wildman–Crippen MR) is 73.2 cm³/mol. The van der Waals surface area contributed by atoms with Crippen molar-refractivity contribution in [1.82, 2.24) is 4.90 Å². The van der Waals surface area contributed by atoms with Crippen LogP contribution in [0.15, 0.2) is 30.3 Å². The molecule has 0 bridgehead atoms. The second-order valence-corrected chi connectivity index (χ2v) is 5.05. The molecule has 0 saturated carbocycles. The first kappa shape index (κ1) is 13.2. The van der Waals surface area contributed by atoms with E-state index in [1.54, 1.807) is 0 Å². The molecule has 18 heavy (non-hydrogen) atoms. The molecule has 1 aromatic rings. The number of rotatable bonds is 5. The quantitative estimate of drug-likeness (QED) is 0.864. The highest BCUT2D eigenvalue weighted by molar-refractivity contribution is 5.80. The van der Waals surface area contributed by atoms with Crippen molar-refractivity contribution >= 4 is 5.78 Å². The minimum Gasteiger partial charge on any atom is -0.324 e. The molecule has 0 amide bonds. The molecular formula is C15H22N2O. The highest BCUT2D eigenvalue weighted by Gasteiger charge is 2.24. The zero-order chi connectivity index (χ0) is 12.8. The third-order valence-corrected chi connectivity index (χ3v) is 3.67. The maximum atomic E-state index is 11.5. The number of hydrogen-bond acceptors (Lipinski definition) is 3. The maximum Gasteiger partial charge on any atom is 0.147 e. The van der Waals surface area contributed by atoms with E-state index in [0.29, 0.717) is 12.5 Å². The molecule has 1 fully saturated rings. The van der Waals surface area contributed by atoms with Crippen molar-refractivity contribution < 1.29 is 4.79 Å². The molecule has 1 atom stereocenters. The van der Waals surface area contributed by atoms with Gasteiger partial charge in [0.2, 0.25) is 0 Å². The molecule has 1 heterocycles. The Morgan fingerprint density at radius 1 is 1.28 bits per heavy atom. The summed E-state index contributed by atoms with van der Waals surface area (Å²) in [5.74, 6) is 0.181. The van der Waals surface area contributed by atoms with Gasteiger partial charge in [-0.05, 0) is 24.9 Å². The van der Waals surface area contributed by atoms with Crippen LogP contribution in [0.5, 0.6) is 0 Å². The Morgan fingerprint density at radius 2 is 2.06 bits per heavy atom. The molecule has 0 spiro atoms. The Morgan fingerprint density at radius 3 is 2.78 bits per heavy atom. The molecule has 2 rings (SSSR count). The monoisotopic (exact) mass is 246 g/mol. The van der Waals surface area contributed by atoms with Crippen LogP contribution < -0.4 is 5.73 Å². The van der Waals surface area contributed by atoms with Crippen LogP contribution in [-0.2, 0) is 11.3 Å². The number of nitrogens with two attached hydrogens (primary N) is 1. The lowest BCUT2D eigenvalue weighted by molar-refractivity contribution is -0.119.